The minimum absolute atomic E-state index is 0.0140. The van der Waals surface area contributed by atoms with Gasteiger partial charge in [0.1, 0.15) is 6.29 Å². The van der Waals surface area contributed by atoms with Crippen molar-refractivity contribution in [3.63, 3.8) is 0 Å². The van der Waals surface area contributed by atoms with E-state index in [9.17, 15) is 18.0 Å². The highest BCUT2D eigenvalue weighted by Gasteiger charge is 2.33. The molecule has 0 saturated carbocycles. The van der Waals surface area contributed by atoms with Gasteiger partial charge in [0, 0.05) is 22.8 Å². The Bertz CT molecular complexity index is 713. The van der Waals surface area contributed by atoms with Crippen LogP contribution < -0.4 is 5.32 Å². The van der Waals surface area contributed by atoms with Crippen molar-refractivity contribution < 1.29 is 18.0 Å². The summed E-state index contributed by atoms with van der Waals surface area (Å²) < 4.78 is 39.4. The minimum atomic E-state index is -4.54. The fourth-order valence-corrected chi connectivity index (χ4v) is 2.51. The SMILES string of the molecule is CCc1ccc(Cl)cc1CNc1ccc(C=O)cc1C(F)(F)F. The van der Waals surface area contributed by atoms with Crippen LogP contribution in [0.3, 0.4) is 0 Å². The number of halogens is 4. The topological polar surface area (TPSA) is 29.1 Å². The maximum Gasteiger partial charge on any atom is 0.418 e. The Balaban J connectivity index is 2.31. The quantitative estimate of drug-likeness (QED) is 0.743. The molecule has 6 heteroatoms. The summed E-state index contributed by atoms with van der Waals surface area (Å²) in [6, 6.07) is 8.81. The van der Waals surface area contributed by atoms with Crippen molar-refractivity contribution in [1.29, 1.82) is 0 Å². The molecule has 0 bridgehead atoms. The molecule has 2 rings (SSSR count). The Kier molecular flexibility index (Phi) is 5.31. The first-order valence-corrected chi connectivity index (χ1v) is 7.40. The van der Waals surface area contributed by atoms with Gasteiger partial charge in [0.15, 0.2) is 0 Å². The van der Waals surface area contributed by atoms with Gasteiger partial charge in [-0.15, -0.1) is 0 Å². The van der Waals surface area contributed by atoms with E-state index in [2.05, 4.69) is 5.32 Å². The lowest BCUT2D eigenvalue weighted by atomic mass is 10.0. The van der Waals surface area contributed by atoms with Crippen LogP contribution >= 0.6 is 11.6 Å². The molecule has 2 aromatic rings. The first-order valence-electron chi connectivity index (χ1n) is 7.02. The molecule has 0 atom stereocenters. The normalized spacial score (nSPS) is 11.3. The van der Waals surface area contributed by atoms with E-state index in [0.29, 0.717) is 11.3 Å². The molecule has 23 heavy (non-hydrogen) atoms. The Labute approximate surface area is 137 Å². The number of anilines is 1. The van der Waals surface area contributed by atoms with Crippen molar-refractivity contribution in [2.24, 2.45) is 0 Å². The molecule has 122 valence electrons. The van der Waals surface area contributed by atoms with Gasteiger partial charge in [-0.05, 0) is 47.9 Å². The van der Waals surface area contributed by atoms with Crippen LogP contribution in [0.4, 0.5) is 18.9 Å². The smallest absolute Gasteiger partial charge is 0.380 e. The van der Waals surface area contributed by atoms with E-state index < -0.39 is 11.7 Å². The molecular weight excluding hydrogens is 327 g/mol. The summed E-state index contributed by atoms with van der Waals surface area (Å²) in [5.41, 5.74) is 0.916. The largest absolute Gasteiger partial charge is 0.418 e. The van der Waals surface area contributed by atoms with Crippen LogP contribution in [0.5, 0.6) is 0 Å². The van der Waals surface area contributed by atoms with Crippen LogP contribution in [-0.2, 0) is 19.1 Å². The number of hydrogen-bond acceptors (Lipinski definition) is 2. The zero-order chi connectivity index (χ0) is 17.0. The summed E-state index contributed by atoms with van der Waals surface area (Å²) in [4.78, 5) is 10.7. The molecule has 2 nitrogen and oxygen atoms in total. The van der Waals surface area contributed by atoms with E-state index in [1.165, 1.54) is 12.1 Å². The standard InChI is InChI=1S/C17H15ClF3NO/c1-2-12-4-5-14(18)8-13(12)9-22-16-6-3-11(10-23)7-15(16)17(19,20)21/h3-8,10,22H,2,9H2,1H3. The maximum atomic E-state index is 13.1. The number of benzene rings is 2. The predicted octanol–water partition coefficient (Wildman–Crippen LogP) is 5.35. The molecule has 0 aliphatic carbocycles. The Morgan fingerprint density at radius 1 is 1.13 bits per heavy atom. The number of nitrogens with one attached hydrogen (secondary N) is 1. The van der Waals surface area contributed by atoms with Gasteiger partial charge in [-0.2, -0.15) is 13.2 Å². The first-order chi connectivity index (χ1) is 10.8. The summed E-state index contributed by atoms with van der Waals surface area (Å²) in [5, 5.41) is 3.33. The number of carbonyl (C=O) groups is 1. The molecule has 0 heterocycles. The average Bonchev–Trinajstić information content (AvgIpc) is 2.52. The van der Waals surface area contributed by atoms with Gasteiger partial charge in [0.25, 0.3) is 0 Å². The highest BCUT2D eigenvalue weighted by molar-refractivity contribution is 6.30. The molecule has 0 saturated heterocycles. The van der Waals surface area contributed by atoms with Crippen molar-refractivity contribution >= 4 is 23.6 Å². The number of alkyl halides is 3. The molecule has 1 N–H and O–H groups in total. The van der Waals surface area contributed by atoms with Crippen molar-refractivity contribution in [2.75, 3.05) is 5.32 Å². The fraction of sp³-hybridized carbons (Fsp3) is 0.235. The highest BCUT2D eigenvalue weighted by atomic mass is 35.5. The van der Waals surface area contributed by atoms with Crippen LogP contribution in [0.1, 0.15) is 34.0 Å². The first kappa shape index (κ1) is 17.3. The summed E-state index contributed by atoms with van der Waals surface area (Å²) in [6.45, 7) is 2.18. The highest BCUT2D eigenvalue weighted by Crippen LogP contribution is 2.35. The molecule has 0 aliphatic heterocycles. The summed E-state index contributed by atoms with van der Waals surface area (Å²) >= 11 is 5.95. The Hall–Kier alpha value is -2.01. The van der Waals surface area contributed by atoms with E-state index in [-0.39, 0.29) is 17.8 Å². The number of rotatable bonds is 5. The Morgan fingerprint density at radius 3 is 2.48 bits per heavy atom. The molecule has 0 radical (unpaired) electrons. The molecule has 0 unspecified atom stereocenters. The third kappa shape index (κ3) is 4.26. The zero-order valence-corrected chi connectivity index (χ0v) is 13.1. The molecule has 2 aromatic carbocycles. The fourth-order valence-electron chi connectivity index (χ4n) is 2.32. The molecule has 0 amide bonds. The third-order valence-electron chi connectivity index (χ3n) is 3.50. The van der Waals surface area contributed by atoms with Gasteiger partial charge in [0.2, 0.25) is 0 Å². The summed E-state index contributed by atoms with van der Waals surface area (Å²) in [5.74, 6) is 0. The zero-order valence-electron chi connectivity index (χ0n) is 12.4. The average molecular weight is 342 g/mol. The van der Waals surface area contributed by atoms with Crippen LogP contribution in [0.15, 0.2) is 36.4 Å². The van der Waals surface area contributed by atoms with Gasteiger partial charge in [-0.25, -0.2) is 0 Å². The lowest BCUT2D eigenvalue weighted by Gasteiger charge is -2.16. The van der Waals surface area contributed by atoms with Gasteiger partial charge >= 0.3 is 6.18 Å². The van der Waals surface area contributed by atoms with Crippen LogP contribution in [-0.4, -0.2) is 6.29 Å². The maximum absolute atomic E-state index is 13.1. The van der Waals surface area contributed by atoms with Crippen LogP contribution in [0, 0.1) is 0 Å². The number of carbonyl (C=O) groups excluding carboxylic acids is 1. The molecule has 0 aromatic heterocycles. The van der Waals surface area contributed by atoms with Crippen molar-refractivity contribution in [2.45, 2.75) is 26.1 Å². The van der Waals surface area contributed by atoms with E-state index >= 15 is 0 Å². The van der Waals surface area contributed by atoms with E-state index in [0.717, 1.165) is 23.6 Å². The van der Waals surface area contributed by atoms with Gasteiger partial charge in [0.05, 0.1) is 5.56 Å². The second-order valence-corrected chi connectivity index (χ2v) is 5.48. The molecule has 0 fully saturated rings. The molecular formula is C17H15ClF3NO. The summed E-state index contributed by atoms with van der Waals surface area (Å²) in [6.07, 6.45) is -3.39. The second kappa shape index (κ2) is 7.04. The van der Waals surface area contributed by atoms with E-state index in [1.54, 1.807) is 12.1 Å². The van der Waals surface area contributed by atoms with Crippen molar-refractivity contribution in [1.82, 2.24) is 0 Å². The van der Waals surface area contributed by atoms with Gasteiger partial charge in [-0.1, -0.05) is 24.6 Å². The number of hydrogen-bond donors (Lipinski definition) is 1. The van der Waals surface area contributed by atoms with Gasteiger partial charge in [-0.3, -0.25) is 4.79 Å². The van der Waals surface area contributed by atoms with Gasteiger partial charge < -0.3 is 5.32 Å². The van der Waals surface area contributed by atoms with E-state index in [1.807, 2.05) is 13.0 Å². The Morgan fingerprint density at radius 2 is 1.87 bits per heavy atom. The monoisotopic (exact) mass is 341 g/mol. The predicted molar refractivity (Wildman–Crippen MR) is 85.0 cm³/mol. The minimum Gasteiger partial charge on any atom is -0.380 e. The van der Waals surface area contributed by atoms with E-state index in [4.69, 9.17) is 11.6 Å². The number of aldehydes is 1. The number of aryl methyl sites for hydroxylation is 1. The lowest BCUT2D eigenvalue weighted by Crippen LogP contribution is -2.12. The van der Waals surface area contributed by atoms with Crippen LogP contribution in [0.2, 0.25) is 5.02 Å². The second-order valence-electron chi connectivity index (χ2n) is 5.04. The van der Waals surface area contributed by atoms with Crippen molar-refractivity contribution in [3.8, 4) is 0 Å². The van der Waals surface area contributed by atoms with Crippen molar-refractivity contribution in [3.05, 3.63) is 63.7 Å². The third-order valence-corrected chi connectivity index (χ3v) is 3.74. The summed E-state index contributed by atoms with van der Waals surface area (Å²) in [7, 11) is 0. The lowest BCUT2D eigenvalue weighted by molar-refractivity contribution is -0.137. The van der Waals surface area contributed by atoms with Crippen LogP contribution in [0.25, 0.3) is 0 Å². The molecule has 0 aliphatic rings. The molecule has 0 spiro atoms.